The van der Waals surface area contributed by atoms with Gasteiger partial charge in [0.05, 0.1) is 18.1 Å². The minimum absolute atomic E-state index is 0.128. The lowest BCUT2D eigenvalue weighted by Gasteiger charge is -2.19. The molecule has 0 amide bonds. The van der Waals surface area contributed by atoms with Gasteiger partial charge in [0, 0.05) is 25.3 Å². The molecule has 0 heterocycles. The molecule has 2 rings (SSSR count). The van der Waals surface area contributed by atoms with Crippen LogP contribution >= 0.6 is 0 Å². The first kappa shape index (κ1) is 18.3. The second-order valence-corrected chi connectivity index (χ2v) is 6.69. The van der Waals surface area contributed by atoms with Gasteiger partial charge >= 0.3 is 0 Å². The molecule has 8 heteroatoms. The second kappa shape index (κ2) is 7.69. The Balaban J connectivity index is 2.20. The molecule has 0 bridgehead atoms. The molecule has 0 fully saturated rings. The smallest absolute Gasteiger partial charge is 0.240 e. The van der Waals surface area contributed by atoms with Crippen molar-refractivity contribution < 1.29 is 26.7 Å². The van der Waals surface area contributed by atoms with Crippen LogP contribution in [-0.2, 0) is 14.8 Å². The highest BCUT2D eigenvalue weighted by Gasteiger charge is 2.21. The Hall–Kier alpha value is -2.03. The molecule has 1 N–H and O–H groups in total. The van der Waals surface area contributed by atoms with E-state index < -0.39 is 32.7 Å². The normalized spacial score (nSPS) is 12.8. The second-order valence-electron chi connectivity index (χ2n) is 4.92. The van der Waals surface area contributed by atoms with Crippen LogP contribution in [0.3, 0.4) is 0 Å². The van der Waals surface area contributed by atoms with Crippen molar-refractivity contribution in [3.05, 3.63) is 59.7 Å². The van der Waals surface area contributed by atoms with E-state index in [9.17, 15) is 17.2 Å². The van der Waals surface area contributed by atoms with Gasteiger partial charge in [0.15, 0.2) is 0 Å². The first-order chi connectivity index (χ1) is 11.4. The maximum Gasteiger partial charge on any atom is 0.240 e. The highest BCUT2D eigenvalue weighted by molar-refractivity contribution is 7.89. The Bertz CT molecular complexity index is 791. The van der Waals surface area contributed by atoms with Crippen LogP contribution in [0.2, 0.25) is 0 Å². The molecule has 0 aromatic heterocycles. The molecule has 0 aliphatic heterocycles. The molecule has 2 aromatic rings. The fourth-order valence-corrected chi connectivity index (χ4v) is 3.28. The van der Waals surface area contributed by atoms with Gasteiger partial charge in [-0.3, -0.25) is 0 Å². The zero-order valence-corrected chi connectivity index (χ0v) is 13.9. The molecule has 0 aliphatic rings. The predicted molar refractivity (Wildman–Crippen MR) is 84.3 cm³/mol. The highest BCUT2D eigenvalue weighted by Crippen LogP contribution is 2.27. The van der Waals surface area contributed by atoms with Gasteiger partial charge < -0.3 is 9.47 Å². The van der Waals surface area contributed by atoms with E-state index in [4.69, 9.17) is 9.47 Å². The van der Waals surface area contributed by atoms with Crippen molar-refractivity contribution >= 4 is 10.0 Å². The van der Waals surface area contributed by atoms with Gasteiger partial charge in [-0.15, -0.1) is 0 Å². The first-order valence-corrected chi connectivity index (χ1v) is 8.47. The van der Waals surface area contributed by atoms with Crippen molar-refractivity contribution in [3.8, 4) is 5.75 Å². The Morgan fingerprint density at radius 3 is 2.29 bits per heavy atom. The van der Waals surface area contributed by atoms with Crippen LogP contribution in [0, 0.1) is 11.6 Å². The molecule has 0 spiro atoms. The summed E-state index contributed by atoms with van der Waals surface area (Å²) in [7, 11) is -1.17. The van der Waals surface area contributed by atoms with Gasteiger partial charge in [-0.05, 0) is 18.2 Å². The summed E-state index contributed by atoms with van der Waals surface area (Å²) < 4.78 is 63.7. The molecule has 0 aliphatic carbocycles. The number of nitrogens with one attached hydrogen (secondary N) is 1. The zero-order valence-electron chi connectivity index (χ0n) is 13.1. The summed E-state index contributed by atoms with van der Waals surface area (Å²) >= 11 is 0. The zero-order chi connectivity index (χ0) is 17.7. The van der Waals surface area contributed by atoms with Gasteiger partial charge in [-0.25, -0.2) is 21.9 Å². The van der Waals surface area contributed by atoms with E-state index in [-0.39, 0.29) is 6.54 Å². The summed E-state index contributed by atoms with van der Waals surface area (Å²) in [6.07, 6.45) is -0.630. The number of methoxy groups -OCH3 is 2. The number of para-hydroxylation sites is 1. The number of benzene rings is 2. The van der Waals surface area contributed by atoms with Crippen LogP contribution in [0.4, 0.5) is 8.78 Å². The minimum Gasteiger partial charge on any atom is -0.496 e. The van der Waals surface area contributed by atoms with Crippen molar-refractivity contribution in [1.29, 1.82) is 0 Å². The molecule has 0 radical (unpaired) electrons. The third-order valence-corrected chi connectivity index (χ3v) is 4.78. The van der Waals surface area contributed by atoms with Crippen molar-refractivity contribution in [2.45, 2.75) is 11.0 Å². The lowest BCUT2D eigenvalue weighted by molar-refractivity contribution is 0.105. The number of ether oxygens (including phenoxy) is 2. The number of hydrogen-bond donors (Lipinski definition) is 1. The first-order valence-electron chi connectivity index (χ1n) is 6.99. The van der Waals surface area contributed by atoms with Crippen LogP contribution in [0.5, 0.6) is 5.75 Å². The molecule has 130 valence electrons. The summed E-state index contributed by atoms with van der Waals surface area (Å²) in [5, 5.41) is 0. The Morgan fingerprint density at radius 1 is 1.08 bits per heavy atom. The van der Waals surface area contributed by atoms with E-state index in [0.717, 1.165) is 12.1 Å². The molecule has 5 nitrogen and oxygen atoms in total. The number of hydrogen-bond acceptors (Lipinski definition) is 4. The predicted octanol–water partition coefficient (Wildman–Crippen LogP) is 2.64. The minimum atomic E-state index is -4.09. The van der Waals surface area contributed by atoms with Gasteiger partial charge in [-0.2, -0.15) is 0 Å². The average molecular weight is 357 g/mol. The van der Waals surface area contributed by atoms with Crippen LogP contribution in [-0.4, -0.2) is 29.2 Å². The van der Waals surface area contributed by atoms with Gasteiger partial charge in [0.1, 0.15) is 17.4 Å². The third kappa shape index (κ3) is 4.28. The molecule has 1 atom stereocenters. The van der Waals surface area contributed by atoms with Crippen LogP contribution in [0.25, 0.3) is 0 Å². The Morgan fingerprint density at radius 2 is 1.71 bits per heavy atom. The molecule has 0 saturated carbocycles. The summed E-state index contributed by atoms with van der Waals surface area (Å²) in [6.45, 7) is -0.128. The van der Waals surface area contributed by atoms with Crippen molar-refractivity contribution in [2.75, 3.05) is 20.8 Å². The summed E-state index contributed by atoms with van der Waals surface area (Å²) in [5.74, 6) is -1.40. The van der Waals surface area contributed by atoms with Crippen LogP contribution in [0.1, 0.15) is 11.7 Å². The van der Waals surface area contributed by atoms with Gasteiger partial charge in [0.25, 0.3) is 0 Å². The van der Waals surface area contributed by atoms with E-state index in [1.54, 1.807) is 24.3 Å². The van der Waals surface area contributed by atoms with E-state index in [0.29, 0.717) is 17.4 Å². The number of rotatable bonds is 7. The molecule has 1 unspecified atom stereocenters. The molecule has 2 aromatic carbocycles. The molecular formula is C16H17F2NO4S. The van der Waals surface area contributed by atoms with Crippen LogP contribution < -0.4 is 9.46 Å². The topological polar surface area (TPSA) is 64.6 Å². The summed E-state index contributed by atoms with van der Waals surface area (Å²) in [4.78, 5) is -0.491. The SMILES string of the molecule is COc1ccccc1C(CNS(=O)(=O)c1cc(F)cc(F)c1)OC. The lowest BCUT2D eigenvalue weighted by Crippen LogP contribution is -2.29. The summed E-state index contributed by atoms with van der Waals surface area (Å²) in [5.41, 5.74) is 0.649. The summed E-state index contributed by atoms with van der Waals surface area (Å²) in [6, 6.07) is 9.09. The van der Waals surface area contributed by atoms with E-state index in [2.05, 4.69) is 4.72 Å². The highest BCUT2D eigenvalue weighted by atomic mass is 32.2. The van der Waals surface area contributed by atoms with E-state index >= 15 is 0 Å². The molecular weight excluding hydrogens is 340 g/mol. The Labute approximate surface area is 139 Å². The monoisotopic (exact) mass is 357 g/mol. The number of sulfonamides is 1. The maximum atomic E-state index is 13.2. The van der Waals surface area contributed by atoms with E-state index in [1.165, 1.54) is 14.2 Å². The van der Waals surface area contributed by atoms with Gasteiger partial charge in [-0.1, -0.05) is 18.2 Å². The Kier molecular flexibility index (Phi) is 5.87. The lowest BCUT2D eigenvalue weighted by atomic mass is 10.1. The van der Waals surface area contributed by atoms with Crippen LogP contribution in [0.15, 0.2) is 47.4 Å². The molecule has 0 saturated heterocycles. The van der Waals surface area contributed by atoms with Gasteiger partial charge in [0.2, 0.25) is 10.0 Å². The fraction of sp³-hybridized carbons (Fsp3) is 0.250. The standard InChI is InChI=1S/C16H17F2NO4S/c1-22-15-6-4-3-5-14(15)16(23-2)10-19-24(20,21)13-8-11(17)7-12(18)9-13/h3-9,16,19H,10H2,1-2H3. The van der Waals surface area contributed by atoms with Crippen molar-refractivity contribution in [3.63, 3.8) is 0 Å². The van der Waals surface area contributed by atoms with Crippen molar-refractivity contribution in [1.82, 2.24) is 4.72 Å². The van der Waals surface area contributed by atoms with E-state index in [1.807, 2.05) is 0 Å². The largest absolute Gasteiger partial charge is 0.496 e. The third-order valence-electron chi connectivity index (χ3n) is 3.38. The molecule has 24 heavy (non-hydrogen) atoms. The fourth-order valence-electron chi connectivity index (χ4n) is 2.21. The van der Waals surface area contributed by atoms with Crippen molar-refractivity contribution in [2.24, 2.45) is 0 Å². The number of halogens is 2. The maximum absolute atomic E-state index is 13.2. The average Bonchev–Trinajstić information content (AvgIpc) is 2.55. The quantitative estimate of drug-likeness (QED) is 0.827.